The summed E-state index contributed by atoms with van der Waals surface area (Å²) < 4.78 is 50.0. The Balaban J connectivity index is 2.26. The second-order valence-corrected chi connectivity index (χ2v) is 6.27. The summed E-state index contributed by atoms with van der Waals surface area (Å²) in [6.45, 7) is 1.24. The van der Waals surface area contributed by atoms with Crippen LogP contribution in [0.5, 0.6) is 11.5 Å². The highest BCUT2D eigenvalue weighted by Gasteiger charge is 2.33. The zero-order valence-electron chi connectivity index (χ0n) is 16.2. The first-order chi connectivity index (χ1) is 13.2. The minimum Gasteiger partial charge on any atom is -0.497 e. The van der Waals surface area contributed by atoms with E-state index < -0.39 is 11.9 Å². The van der Waals surface area contributed by atoms with Gasteiger partial charge in [-0.3, -0.25) is 0 Å². The Hall–Kier alpha value is -2.75. The second kappa shape index (κ2) is 9.45. The molecule has 1 aromatic heterocycles. The molecule has 2 aromatic rings. The molecule has 154 valence electrons. The van der Waals surface area contributed by atoms with Crippen LogP contribution < -0.4 is 20.1 Å². The number of methoxy groups -OCH3 is 2. The zero-order valence-corrected chi connectivity index (χ0v) is 16.2. The van der Waals surface area contributed by atoms with Crippen LogP contribution in [0.1, 0.15) is 12.1 Å². The third kappa shape index (κ3) is 6.45. The Morgan fingerprint density at radius 3 is 2.18 bits per heavy atom. The van der Waals surface area contributed by atoms with Gasteiger partial charge in [-0.2, -0.15) is 18.2 Å². The van der Waals surface area contributed by atoms with E-state index in [1.54, 1.807) is 18.2 Å². The van der Waals surface area contributed by atoms with Crippen molar-refractivity contribution in [2.24, 2.45) is 0 Å². The van der Waals surface area contributed by atoms with E-state index >= 15 is 0 Å². The maximum Gasteiger partial charge on any atom is 0.433 e. The van der Waals surface area contributed by atoms with E-state index in [0.717, 1.165) is 19.0 Å². The number of halogens is 3. The minimum atomic E-state index is -4.59. The fourth-order valence-electron chi connectivity index (χ4n) is 2.36. The standard InChI is InChI=1S/C18H24F3N5O2/c1-26(2)7-5-6-22-17-24-15(18(19,20)21)11-16(25-17)23-12-8-13(27-3)10-14(9-12)28-4/h8-11H,5-7H2,1-4H3,(H2,22,23,24,25). The van der Waals surface area contributed by atoms with E-state index in [9.17, 15) is 13.2 Å². The maximum absolute atomic E-state index is 13.2. The molecule has 2 rings (SSSR count). The van der Waals surface area contributed by atoms with E-state index in [1.165, 1.54) is 14.2 Å². The molecule has 0 amide bonds. The summed E-state index contributed by atoms with van der Waals surface area (Å²) in [7, 11) is 6.82. The molecule has 1 aromatic carbocycles. The van der Waals surface area contributed by atoms with Crippen LogP contribution in [0.25, 0.3) is 0 Å². The predicted octanol–water partition coefficient (Wildman–Crippen LogP) is 3.62. The summed E-state index contributed by atoms with van der Waals surface area (Å²) in [5.41, 5.74) is -0.559. The topological polar surface area (TPSA) is 71.5 Å². The number of alkyl halides is 3. The molecule has 0 atom stereocenters. The van der Waals surface area contributed by atoms with Crippen molar-refractivity contribution in [2.75, 3.05) is 52.0 Å². The molecule has 0 saturated heterocycles. The van der Waals surface area contributed by atoms with E-state index in [1.807, 2.05) is 19.0 Å². The van der Waals surface area contributed by atoms with Gasteiger partial charge in [0.2, 0.25) is 5.95 Å². The highest BCUT2D eigenvalue weighted by molar-refractivity contribution is 5.62. The Bertz CT molecular complexity index is 762. The number of ether oxygens (including phenoxy) is 2. The molecule has 0 spiro atoms. The Labute approximate surface area is 161 Å². The van der Waals surface area contributed by atoms with E-state index in [4.69, 9.17) is 9.47 Å². The molecule has 0 saturated carbocycles. The van der Waals surface area contributed by atoms with Crippen molar-refractivity contribution >= 4 is 17.5 Å². The van der Waals surface area contributed by atoms with Crippen LogP contribution in [-0.4, -0.2) is 56.3 Å². The van der Waals surface area contributed by atoms with Crippen LogP contribution in [-0.2, 0) is 6.18 Å². The van der Waals surface area contributed by atoms with Crippen molar-refractivity contribution in [3.8, 4) is 11.5 Å². The summed E-state index contributed by atoms with van der Waals surface area (Å²) in [4.78, 5) is 9.71. The number of benzene rings is 1. The maximum atomic E-state index is 13.2. The molecule has 0 aliphatic rings. The number of nitrogens with zero attached hydrogens (tertiary/aromatic N) is 3. The average Bonchev–Trinajstić information content (AvgIpc) is 2.63. The normalized spacial score (nSPS) is 11.4. The van der Waals surface area contributed by atoms with Crippen LogP contribution in [0.4, 0.5) is 30.6 Å². The van der Waals surface area contributed by atoms with Gasteiger partial charge in [0.25, 0.3) is 0 Å². The van der Waals surface area contributed by atoms with Crippen molar-refractivity contribution < 1.29 is 22.6 Å². The largest absolute Gasteiger partial charge is 0.497 e. The van der Waals surface area contributed by atoms with E-state index in [0.29, 0.717) is 23.7 Å². The van der Waals surface area contributed by atoms with Crippen molar-refractivity contribution in [3.05, 3.63) is 30.0 Å². The molecule has 0 bridgehead atoms. The fourth-order valence-corrected chi connectivity index (χ4v) is 2.36. The molecular formula is C18H24F3N5O2. The van der Waals surface area contributed by atoms with E-state index in [-0.39, 0.29) is 11.8 Å². The molecule has 10 heteroatoms. The molecule has 2 N–H and O–H groups in total. The van der Waals surface area contributed by atoms with Gasteiger partial charge in [0.15, 0.2) is 5.69 Å². The van der Waals surface area contributed by atoms with Gasteiger partial charge in [-0.15, -0.1) is 0 Å². The lowest BCUT2D eigenvalue weighted by atomic mass is 10.2. The van der Waals surface area contributed by atoms with Gasteiger partial charge in [0.1, 0.15) is 17.3 Å². The first-order valence-electron chi connectivity index (χ1n) is 8.56. The van der Waals surface area contributed by atoms with Crippen LogP contribution >= 0.6 is 0 Å². The third-order valence-corrected chi connectivity index (χ3v) is 3.71. The lowest BCUT2D eigenvalue weighted by Crippen LogP contribution is -2.18. The first-order valence-corrected chi connectivity index (χ1v) is 8.56. The van der Waals surface area contributed by atoms with Crippen molar-refractivity contribution in [1.82, 2.24) is 14.9 Å². The monoisotopic (exact) mass is 399 g/mol. The van der Waals surface area contributed by atoms with Gasteiger partial charge < -0.3 is 25.0 Å². The number of anilines is 3. The molecule has 0 aliphatic heterocycles. The zero-order chi connectivity index (χ0) is 20.7. The molecule has 0 radical (unpaired) electrons. The number of rotatable bonds is 9. The van der Waals surface area contributed by atoms with Crippen LogP contribution in [0.2, 0.25) is 0 Å². The van der Waals surface area contributed by atoms with Gasteiger partial charge in [-0.05, 0) is 27.1 Å². The average molecular weight is 399 g/mol. The van der Waals surface area contributed by atoms with Crippen LogP contribution in [0.3, 0.4) is 0 Å². The minimum absolute atomic E-state index is 0.00717. The summed E-state index contributed by atoms with van der Waals surface area (Å²) >= 11 is 0. The summed E-state index contributed by atoms with van der Waals surface area (Å²) in [6, 6.07) is 5.77. The van der Waals surface area contributed by atoms with Gasteiger partial charge in [0, 0.05) is 36.5 Å². The second-order valence-electron chi connectivity index (χ2n) is 6.27. The SMILES string of the molecule is COc1cc(Nc2cc(C(F)(F)F)nc(NCCCN(C)C)n2)cc(OC)c1. The lowest BCUT2D eigenvalue weighted by Gasteiger charge is -2.14. The number of hydrogen-bond acceptors (Lipinski definition) is 7. The molecular weight excluding hydrogens is 375 g/mol. The Morgan fingerprint density at radius 2 is 1.64 bits per heavy atom. The lowest BCUT2D eigenvalue weighted by molar-refractivity contribution is -0.141. The smallest absolute Gasteiger partial charge is 0.433 e. The molecule has 0 fully saturated rings. The third-order valence-electron chi connectivity index (χ3n) is 3.71. The number of aromatic nitrogens is 2. The number of hydrogen-bond donors (Lipinski definition) is 2. The molecule has 0 unspecified atom stereocenters. The van der Waals surface area contributed by atoms with Gasteiger partial charge in [0.05, 0.1) is 14.2 Å². The van der Waals surface area contributed by atoms with Crippen molar-refractivity contribution in [3.63, 3.8) is 0 Å². The van der Waals surface area contributed by atoms with Crippen LogP contribution in [0.15, 0.2) is 24.3 Å². The van der Waals surface area contributed by atoms with Crippen molar-refractivity contribution in [1.29, 1.82) is 0 Å². The molecule has 7 nitrogen and oxygen atoms in total. The summed E-state index contributed by atoms with van der Waals surface area (Å²) in [5, 5.41) is 5.70. The van der Waals surface area contributed by atoms with E-state index in [2.05, 4.69) is 20.6 Å². The highest BCUT2D eigenvalue weighted by atomic mass is 19.4. The van der Waals surface area contributed by atoms with Crippen LogP contribution in [0, 0.1) is 0 Å². The summed E-state index contributed by atoms with van der Waals surface area (Å²) in [5.74, 6) is 0.904. The van der Waals surface area contributed by atoms with Crippen molar-refractivity contribution in [2.45, 2.75) is 12.6 Å². The Kier molecular flexibility index (Phi) is 7.27. The Morgan fingerprint density at radius 1 is 1.00 bits per heavy atom. The quantitative estimate of drug-likeness (QED) is 0.624. The van der Waals surface area contributed by atoms with Gasteiger partial charge in [-0.25, -0.2) is 4.98 Å². The molecule has 0 aliphatic carbocycles. The molecule has 1 heterocycles. The number of nitrogens with one attached hydrogen (secondary N) is 2. The van der Waals surface area contributed by atoms with Gasteiger partial charge >= 0.3 is 6.18 Å². The fraction of sp³-hybridized carbons (Fsp3) is 0.444. The predicted molar refractivity (Wildman–Crippen MR) is 102 cm³/mol. The highest BCUT2D eigenvalue weighted by Crippen LogP contribution is 2.32. The molecule has 28 heavy (non-hydrogen) atoms. The van der Waals surface area contributed by atoms with Gasteiger partial charge in [-0.1, -0.05) is 0 Å². The summed E-state index contributed by atoms with van der Waals surface area (Å²) in [6.07, 6.45) is -3.85. The first kappa shape index (κ1) is 21.5.